The average Bonchev–Trinajstić information content (AvgIpc) is 3.06. The summed E-state index contributed by atoms with van der Waals surface area (Å²) < 4.78 is 0.971. The largest absolute Gasteiger partial charge is 0.362 e. The highest BCUT2D eigenvalue weighted by atomic mass is 79.9. The second-order valence-electron chi connectivity index (χ2n) is 8.24. The Morgan fingerprint density at radius 1 is 1.28 bits per heavy atom. The summed E-state index contributed by atoms with van der Waals surface area (Å²) in [4.78, 5) is 31.7. The van der Waals surface area contributed by atoms with E-state index in [1.54, 1.807) is 29.7 Å². The maximum absolute atomic E-state index is 13.3. The van der Waals surface area contributed by atoms with Crippen LogP contribution in [0.3, 0.4) is 0 Å². The van der Waals surface area contributed by atoms with Crippen LogP contribution in [0.5, 0.6) is 0 Å². The van der Waals surface area contributed by atoms with E-state index in [1.165, 1.54) is 0 Å². The van der Waals surface area contributed by atoms with E-state index in [0.717, 1.165) is 32.1 Å². The smallest absolute Gasteiger partial charge is 0.255 e. The highest BCUT2D eigenvalue weighted by molar-refractivity contribution is 9.11. The number of amides is 1. The van der Waals surface area contributed by atoms with Gasteiger partial charge in [0.2, 0.25) is 0 Å². The Morgan fingerprint density at radius 2 is 2.07 bits per heavy atom. The van der Waals surface area contributed by atoms with Crippen LogP contribution in [0.15, 0.2) is 62.9 Å². The van der Waals surface area contributed by atoms with Crippen LogP contribution >= 0.6 is 27.3 Å². The number of nitrogens with one attached hydrogen (secondary N) is 2. The average molecular weight is 472 g/mol. The van der Waals surface area contributed by atoms with E-state index in [4.69, 9.17) is 0 Å². The molecule has 0 radical (unpaired) electrons. The summed E-state index contributed by atoms with van der Waals surface area (Å²) in [6, 6.07) is 9.32. The molecule has 1 unspecified atom stereocenters. The molecule has 2 aliphatic rings. The van der Waals surface area contributed by atoms with Crippen molar-refractivity contribution in [2.24, 2.45) is 5.41 Å². The van der Waals surface area contributed by atoms with Crippen molar-refractivity contribution in [3.8, 4) is 0 Å². The van der Waals surface area contributed by atoms with Crippen molar-refractivity contribution >= 4 is 44.8 Å². The van der Waals surface area contributed by atoms with Crippen molar-refractivity contribution in [1.29, 1.82) is 0 Å². The Hall–Kier alpha value is -2.25. The molecule has 7 heteroatoms. The number of nitrogens with zero attached hydrogens (tertiary/aromatic N) is 1. The number of halogens is 1. The number of hydrogen-bond acceptors (Lipinski definition) is 5. The van der Waals surface area contributed by atoms with Crippen LogP contribution in [-0.4, -0.2) is 16.7 Å². The van der Waals surface area contributed by atoms with Crippen LogP contribution in [0.1, 0.15) is 44.4 Å². The molecule has 0 spiro atoms. The molecule has 2 aromatic heterocycles. The zero-order valence-corrected chi connectivity index (χ0v) is 18.9. The van der Waals surface area contributed by atoms with Gasteiger partial charge in [-0.25, -0.2) is 4.98 Å². The summed E-state index contributed by atoms with van der Waals surface area (Å²) in [6.07, 6.45) is 2.89. The predicted octanol–water partition coefficient (Wildman–Crippen LogP) is 5.15. The molecule has 5 nitrogen and oxygen atoms in total. The fraction of sp³-hybridized carbons (Fsp3) is 0.318. The molecule has 3 heterocycles. The number of ketones is 1. The number of pyridine rings is 1. The Labute approximate surface area is 182 Å². The molecule has 0 saturated heterocycles. The molecular weight excluding hydrogens is 450 g/mol. The monoisotopic (exact) mass is 471 g/mol. The zero-order chi connectivity index (χ0) is 20.8. The third kappa shape index (κ3) is 3.94. The van der Waals surface area contributed by atoms with Gasteiger partial charge in [0.1, 0.15) is 5.82 Å². The molecule has 0 fully saturated rings. The molecule has 1 aliphatic carbocycles. The number of rotatable bonds is 3. The summed E-state index contributed by atoms with van der Waals surface area (Å²) in [5.74, 6) is -0.0315. The first kappa shape index (κ1) is 20.0. The lowest BCUT2D eigenvalue weighted by Gasteiger charge is -2.39. The molecule has 4 rings (SSSR count). The maximum atomic E-state index is 13.3. The Morgan fingerprint density at radius 3 is 2.72 bits per heavy atom. The van der Waals surface area contributed by atoms with Crippen molar-refractivity contribution < 1.29 is 9.59 Å². The van der Waals surface area contributed by atoms with E-state index < -0.39 is 0 Å². The van der Waals surface area contributed by atoms with Crippen molar-refractivity contribution in [2.45, 2.75) is 39.5 Å². The van der Waals surface area contributed by atoms with Gasteiger partial charge in [-0.1, -0.05) is 19.9 Å². The zero-order valence-electron chi connectivity index (χ0n) is 16.5. The molecule has 2 aromatic rings. The van der Waals surface area contributed by atoms with Gasteiger partial charge in [0.25, 0.3) is 5.91 Å². The first-order valence-electron chi connectivity index (χ1n) is 9.47. The van der Waals surface area contributed by atoms with Gasteiger partial charge in [-0.3, -0.25) is 9.59 Å². The number of Topliss-reactive ketones (excluding diaryl/α,β-unsaturated/α-hetero) is 1. The maximum Gasteiger partial charge on any atom is 0.255 e. The van der Waals surface area contributed by atoms with Gasteiger partial charge in [0.05, 0.1) is 9.70 Å². The Kier molecular flexibility index (Phi) is 5.21. The van der Waals surface area contributed by atoms with Gasteiger partial charge < -0.3 is 10.6 Å². The van der Waals surface area contributed by atoms with Gasteiger partial charge in [0, 0.05) is 40.0 Å². The minimum absolute atomic E-state index is 0.0997. The summed E-state index contributed by atoms with van der Waals surface area (Å²) in [5, 5.41) is 6.26. The number of hydrogen-bond donors (Lipinski definition) is 2. The minimum Gasteiger partial charge on any atom is -0.362 e. The van der Waals surface area contributed by atoms with E-state index in [2.05, 4.69) is 45.4 Å². The van der Waals surface area contributed by atoms with E-state index >= 15 is 0 Å². The number of aromatic nitrogens is 1. The number of carbonyl (C=O) groups excluding carboxylic acids is 2. The second-order valence-corrected chi connectivity index (χ2v) is 10.7. The molecule has 1 aliphatic heterocycles. The van der Waals surface area contributed by atoms with Gasteiger partial charge in [-0.05, 0) is 59.0 Å². The number of allylic oxidation sites excluding steroid dienone is 3. The molecule has 0 aromatic carbocycles. The van der Waals surface area contributed by atoms with E-state index in [0.29, 0.717) is 17.8 Å². The van der Waals surface area contributed by atoms with Gasteiger partial charge in [-0.2, -0.15) is 0 Å². The van der Waals surface area contributed by atoms with Crippen molar-refractivity contribution in [3.63, 3.8) is 0 Å². The van der Waals surface area contributed by atoms with Crippen LogP contribution in [0.2, 0.25) is 0 Å². The molecule has 150 valence electrons. The van der Waals surface area contributed by atoms with Crippen LogP contribution in [0, 0.1) is 5.41 Å². The molecule has 29 heavy (non-hydrogen) atoms. The fourth-order valence-corrected chi connectivity index (χ4v) is 5.67. The molecule has 0 saturated carbocycles. The molecular formula is C22H22BrN3O2S. The van der Waals surface area contributed by atoms with E-state index in [1.807, 2.05) is 25.1 Å². The number of dihydropyridines is 1. The van der Waals surface area contributed by atoms with Crippen LogP contribution in [0.4, 0.5) is 5.82 Å². The Bertz CT molecular complexity index is 1050. The van der Waals surface area contributed by atoms with Gasteiger partial charge in [-0.15, -0.1) is 11.3 Å². The summed E-state index contributed by atoms with van der Waals surface area (Å²) >= 11 is 5.08. The lowest BCUT2D eigenvalue weighted by Crippen LogP contribution is -2.39. The molecule has 1 atom stereocenters. The summed E-state index contributed by atoms with van der Waals surface area (Å²) in [5.41, 5.74) is 2.90. The number of carbonyl (C=O) groups is 2. The highest BCUT2D eigenvalue weighted by Crippen LogP contribution is 2.48. The fourth-order valence-electron chi connectivity index (χ4n) is 4.13. The first-order chi connectivity index (χ1) is 13.7. The first-order valence-corrected chi connectivity index (χ1v) is 11.1. The number of thiophene rings is 1. The van der Waals surface area contributed by atoms with Crippen LogP contribution in [-0.2, 0) is 9.59 Å². The third-order valence-corrected chi connectivity index (χ3v) is 6.96. The number of anilines is 1. The van der Waals surface area contributed by atoms with Crippen LogP contribution in [0.25, 0.3) is 0 Å². The normalized spacial score (nSPS) is 21.0. The topological polar surface area (TPSA) is 71.1 Å². The third-order valence-electron chi connectivity index (χ3n) is 5.27. The van der Waals surface area contributed by atoms with Gasteiger partial charge >= 0.3 is 0 Å². The van der Waals surface area contributed by atoms with Gasteiger partial charge in [0.15, 0.2) is 5.78 Å². The molecule has 2 N–H and O–H groups in total. The lowest BCUT2D eigenvalue weighted by atomic mass is 9.69. The van der Waals surface area contributed by atoms with E-state index in [9.17, 15) is 9.59 Å². The lowest BCUT2D eigenvalue weighted by molar-refractivity contribution is -0.118. The van der Waals surface area contributed by atoms with E-state index in [-0.39, 0.29) is 23.0 Å². The standard InChI is InChI=1S/C22H22BrN3O2S/c1-12-18(21(28)26-17-6-4-5-9-24-17)20(15-7-8-16(23)29-15)19-13(25-12)10-22(2,3)11-14(19)27/h4-9,20,25H,10-11H2,1-3H3,(H,24,26,28). The highest BCUT2D eigenvalue weighted by Gasteiger charge is 2.43. The molecule has 0 bridgehead atoms. The Balaban J connectivity index is 1.80. The molecule has 1 amide bonds. The summed E-state index contributed by atoms with van der Waals surface area (Å²) in [7, 11) is 0. The quantitative estimate of drug-likeness (QED) is 0.649. The SMILES string of the molecule is CC1=C(C(=O)Nc2ccccn2)C(c2ccc(Br)s2)C2=C(CC(C)(C)CC2=O)N1. The minimum atomic E-state index is -0.380. The predicted molar refractivity (Wildman–Crippen MR) is 119 cm³/mol. The van der Waals surface area contributed by atoms with Crippen LogP contribution < -0.4 is 10.6 Å². The van der Waals surface area contributed by atoms with Crippen molar-refractivity contribution in [1.82, 2.24) is 10.3 Å². The van der Waals surface area contributed by atoms with Crippen molar-refractivity contribution in [3.05, 3.63) is 67.7 Å². The van der Waals surface area contributed by atoms with Crippen molar-refractivity contribution in [2.75, 3.05) is 5.32 Å². The second kappa shape index (κ2) is 7.54. The summed E-state index contributed by atoms with van der Waals surface area (Å²) in [6.45, 7) is 6.11.